The molecule has 0 radical (unpaired) electrons. The van der Waals surface area contributed by atoms with Gasteiger partial charge in [-0.05, 0) is 37.7 Å². The number of sulfonamides is 1. The highest BCUT2D eigenvalue weighted by Crippen LogP contribution is 2.26. The van der Waals surface area contributed by atoms with Crippen molar-refractivity contribution in [1.29, 1.82) is 0 Å². The van der Waals surface area contributed by atoms with E-state index >= 15 is 0 Å². The van der Waals surface area contributed by atoms with E-state index in [1.807, 2.05) is 47.2 Å². The molecule has 0 aliphatic carbocycles. The number of nitrogens with zero attached hydrogens (tertiary/aromatic N) is 3. The molecule has 1 aromatic rings. The van der Waals surface area contributed by atoms with Gasteiger partial charge in [-0.15, -0.1) is 0 Å². The van der Waals surface area contributed by atoms with Gasteiger partial charge in [0.25, 0.3) is 0 Å². The number of benzene rings is 1. The van der Waals surface area contributed by atoms with Crippen LogP contribution in [0.4, 0.5) is 0 Å². The summed E-state index contributed by atoms with van der Waals surface area (Å²) in [7, 11) is -1.51. The van der Waals surface area contributed by atoms with Crippen molar-refractivity contribution in [2.75, 3.05) is 39.8 Å². The first-order chi connectivity index (χ1) is 15.3. The van der Waals surface area contributed by atoms with Crippen LogP contribution in [0.5, 0.6) is 0 Å². The Bertz CT molecular complexity index is 858. The molecule has 0 atom stereocenters. The van der Waals surface area contributed by atoms with Crippen molar-refractivity contribution in [1.82, 2.24) is 14.1 Å². The van der Waals surface area contributed by atoms with Crippen molar-refractivity contribution in [2.45, 2.75) is 51.2 Å². The molecule has 0 unspecified atom stereocenters. The van der Waals surface area contributed by atoms with Crippen molar-refractivity contribution in [3.63, 3.8) is 0 Å². The highest BCUT2D eigenvalue weighted by Gasteiger charge is 2.35. The summed E-state index contributed by atoms with van der Waals surface area (Å²) < 4.78 is 27.0. The number of amides is 2. The molecule has 32 heavy (non-hydrogen) atoms. The molecule has 0 aromatic heterocycles. The van der Waals surface area contributed by atoms with Gasteiger partial charge in [-0.25, -0.2) is 12.7 Å². The molecule has 0 spiro atoms. The first kappa shape index (κ1) is 24.7. The van der Waals surface area contributed by atoms with Gasteiger partial charge < -0.3 is 9.80 Å². The lowest BCUT2D eigenvalue weighted by Gasteiger charge is -2.37. The van der Waals surface area contributed by atoms with E-state index in [4.69, 9.17) is 0 Å². The van der Waals surface area contributed by atoms with Crippen LogP contribution in [0, 0.1) is 11.8 Å². The second kappa shape index (κ2) is 11.3. The predicted molar refractivity (Wildman–Crippen MR) is 125 cm³/mol. The maximum atomic E-state index is 13.0. The average Bonchev–Trinajstić information content (AvgIpc) is 2.82. The Kier molecular flexibility index (Phi) is 8.71. The fourth-order valence-electron chi connectivity index (χ4n) is 4.68. The Hall–Kier alpha value is -1.93. The first-order valence-electron chi connectivity index (χ1n) is 11.9. The lowest BCUT2D eigenvalue weighted by Crippen LogP contribution is -2.48. The van der Waals surface area contributed by atoms with Crippen LogP contribution < -0.4 is 0 Å². The molecule has 178 valence electrons. The molecule has 0 saturated carbocycles. The summed E-state index contributed by atoms with van der Waals surface area (Å²) in [6.07, 6.45) is 4.63. The van der Waals surface area contributed by atoms with Crippen molar-refractivity contribution in [3.05, 3.63) is 35.9 Å². The second-order valence-corrected chi connectivity index (χ2v) is 11.1. The molecule has 2 aliphatic rings. The standard InChI is InChI=1S/C24H37N3O4S/c1-3-4-14-25(2)23(28)21-10-15-26(16-11-21)24(29)22-12-17-27(18-13-22)32(30,31)19-20-8-6-5-7-9-20/h5-9,21-22H,3-4,10-19H2,1-2H3. The highest BCUT2D eigenvalue weighted by molar-refractivity contribution is 7.88. The summed E-state index contributed by atoms with van der Waals surface area (Å²) in [6, 6.07) is 9.20. The van der Waals surface area contributed by atoms with Gasteiger partial charge >= 0.3 is 0 Å². The van der Waals surface area contributed by atoms with Gasteiger partial charge in [0.05, 0.1) is 5.75 Å². The van der Waals surface area contributed by atoms with Gasteiger partial charge in [-0.3, -0.25) is 9.59 Å². The number of carbonyl (C=O) groups excluding carboxylic acids is 2. The summed E-state index contributed by atoms with van der Waals surface area (Å²) in [5.41, 5.74) is 0.781. The van der Waals surface area contributed by atoms with E-state index < -0.39 is 10.0 Å². The molecule has 1 aromatic carbocycles. The third-order valence-electron chi connectivity index (χ3n) is 6.77. The molecule has 7 nitrogen and oxygen atoms in total. The number of piperidine rings is 2. The van der Waals surface area contributed by atoms with Crippen molar-refractivity contribution in [3.8, 4) is 0 Å². The number of rotatable bonds is 8. The molecule has 8 heteroatoms. The molecule has 2 fully saturated rings. The topological polar surface area (TPSA) is 78.0 Å². The van der Waals surface area contributed by atoms with Crippen LogP contribution in [0.3, 0.4) is 0 Å². The van der Waals surface area contributed by atoms with Crippen molar-refractivity contribution in [2.24, 2.45) is 11.8 Å². The summed E-state index contributed by atoms with van der Waals surface area (Å²) >= 11 is 0. The number of unbranched alkanes of at least 4 members (excludes halogenated alkanes) is 1. The van der Waals surface area contributed by atoms with E-state index in [9.17, 15) is 18.0 Å². The molecule has 0 N–H and O–H groups in total. The minimum absolute atomic E-state index is 0.000692. The maximum absolute atomic E-state index is 13.0. The smallest absolute Gasteiger partial charge is 0.225 e. The Morgan fingerprint density at radius 3 is 2.16 bits per heavy atom. The molecular formula is C24H37N3O4S. The minimum Gasteiger partial charge on any atom is -0.346 e. The average molecular weight is 464 g/mol. The van der Waals surface area contributed by atoms with E-state index in [1.54, 1.807) is 0 Å². The Morgan fingerprint density at radius 1 is 0.969 bits per heavy atom. The number of likely N-dealkylation sites (tertiary alicyclic amines) is 1. The normalized spacial score (nSPS) is 19.1. The SMILES string of the molecule is CCCCN(C)C(=O)C1CCN(C(=O)C2CCN(S(=O)(=O)Cc3ccccc3)CC2)CC1. The van der Waals surface area contributed by atoms with Gasteiger partial charge in [0.1, 0.15) is 0 Å². The molecule has 2 amide bonds. The number of hydrogen-bond acceptors (Lipinski definition) is 4. The first-order valence-corrected chi connectivity index (χ1v) is 13.5. The van der Waals surface area contributed by atoms with Crippen LogP contribution in [-0.2, 0) is 25.4 Å². The predicted octanol–water partition coefficient (Wildman–Crippen LogP) is 2.73. The summed E-state index contributed by atoms with van der Waals surface area (Å²) in [5.74, 6) is 0.196. The largest absolute Gasteiger partial charge is 0.346 e. The second-order valence-electron chi connectivity index (χ2n) is 9.13. The molecule has 2 saturated heterocycles. The van der Waals surface area contributed by atoms with Crippen LogP contribution in [0.25, 0.3) is 0 Å². The van der Waals surface area contributed by atoms with E-state index in [1.165, 1.54) is 4.31 Å². The van der Waals surface area contributed by atoms with Gasteiger partial charge in [0, 0.05) is 51.6 Å². The zero-order valence-corrected chi connectivity index (χ0v) is 20.2. The Labute approximate surface area is 192 Å². The summed E-state index contributed by atoms with van der Waals surface area (Å²) in [5, 5.41) is 0. The van der Waals surface area contributed by atoms with Crippen molar-refractivity contribution >= 4 is 21.8 Å². The van der Waals surface area contributed by atoms with Gasteiger partial charge in [0.2, 0.25) is 21.8 Å². The van der Waals surface area contributed by atoms with E-state index in [0.717, 1.165) is 24.9 Å². The molecule has 3 rings (SSSR count). The highest BCUT2D eigenvalue weighted by atomic mass is 32.2. The molecule has 0 bridgehead atoms. The van der Waals surface area contributed by atoms with E-state index in [-0.39, 0.29) is 29.4 Å². The van der Waals surface area contributed by atoms with Crippen molar-refractivity contribution < 1.29 is 18.0 Å². The van der Waals surface area contributed by atoms with Crippen LogP contribution in [-0.4, -0.2) is 74.1 Å². The monoisotopic (exact) mass is 463 g/mol. The fraction of sp³-hybridized carbons (Fsp3) is 0.667. The fourth-order valence-corrected chi connectivity index (χ4v) is 6.24. The minimum atomic E-state index is -3.38. The zero-order chi connectivity index (χ0) is 23.1. The summed E-state index contributed by atoms with van der Waals surface area (Å²) in [4.78, 5) is 29.3. The summed E-state index contributed by atoms with van der Waals surface area (Å²) in [6.45, 7) is 4.92. The third-order valence-corrected chi connectivity index (χ3v) is 8.62. The number of hydrogen-bond donors (Lipinski definition) is 0. The lowest BCUT2D eigenvalue weighted by atomic mass is 9.92. The molecule has 2 aliphatic heterocycles. The van der Waals surface area contributed by atoms with Gasteiger partial charge in [0.15, 0.2) is 0 Å². The van der Waals surface area contributed by atoms with Crippen LogP contribution in [0.2, 0.25) is 0 Å². The Balaban J connectivity index is 1.45. The Morgan fingerprint density at radius 2 is 1.56 bits per heavy atom. The van der Waals surface area contributed by atoms with Crippen LogP contribution in [0.1, 0.15) is 51.0 Å². The quantitative estimate of drug-likeness (QED) is 0.594. The number of carbonyl (C=O) groups is 2. The third kappa shape index (κ3) is 6.32. The van der Waals surface area contributed by atoms with E-state index in [0.29, 0.717) is 51.9 Å². The zero-order valence-electron chi connectivity index (χ0n) is 19.4. The van der Waals surface area contributed by atoms with Crippen LogP contribution >= 0.6 is 0 Å². The van der Waals surface area contributed by atoms with Gasteiger partial charge in [-0.1, -0.05) is 43.7 Å². The van der Waals surface area contributed by atoms with E-state index in [2.05, 4.69) is 6.92 Å². The van der Waals surface area contributed by atoms with Gasteiger partial charge in [-0.2, -0.15) is 0 Å². The maximum Gasteiger partial charge on any atom is 0.225 e. The van der Waals surface area contributed by atoms with Crippen LogP contribution in [0.15, 0.2) is 30.3 Å². The lowest BCUT2D eigenvalue weighted by molar-refractivity contribution is -0.142. The molecule has 2 heterocycles. The molecular weight excluding hydrogens is 426 g/mol.